The highest BCUT2D eigenvalue weighted by Crippen LogP contribution is 2.26. The SMILES string of the molecule is CC1CCCN(C(=O)c2cc(S(=O)(=O)Cl)ccc2Br)CC1. The van der Waals surface area contributed by atoms with Crippen molar-refractivity contribution in [3.05, 3.63) is 28.2 Å². The van der Waals surface area contributed by atoms with Crippen molar-refractivity contribution in [2.24, 2.45) is 5.92 Å². The number of hydrogen-bond donors (Lipinski definition) is 0. The molecule has 0 saturated carbocycles. The van der Waals surface area contributed by atoms with E-state index in [1.165, 1.54) is 12.1 Å². The van der Waals surface area contributed by atoms with Crippen LogP contribution in [0.3, 0.4) is 0 Å². The summed E-state index contributed by atoms with van der Waals surface area (Å²) in [4.78, 5) is 14.3. The third kappa shape index (κ3) is 4.20. The summed E-state index contributed by atoms with van der Waals surface area (Å²) in [7, 11) is 1.51. The highest BCUT2D eigenvalue weighted by molar-refractivity contribution is 9.10. The fraction of sp³-hybridized carbons (Fsp3) is 0.500. The van der Waals surface area contributed by atoms with Gasteiger partial charge in [-0.25, -0.2) is 8.42 Å². The minimum Gasteiger partial charge on any atom is -0.339 e. The monoisotopic (exact) mass is 393 g/mol. The molecular formula is C14H17BrClNO3S. The van der Waals surface area contributed by atoms with Gasteiger partial charge in [-0.3, -0.25) is 4.79 Å². The molecule has 0 bridgehead atoms. The topological polar surface area (TPSA) is 54.5 Å². The van der Waals surface area contributed by atoms with Crippen molar-refractivity contribution < 1.29 is 13.2 Å². The van der Waals surface area contributed by atoms with Crippen LogP contribution in [0.5, 0.6) is 0 Å². The van der Waals surface area contributed by atoms with Gasteiger partial charge >= 0.3 is 0 Å². The predicted octanol–water partition coefficient (Wildman–Crippen LogP) is 3.64. The van der Waals surface area contributed by atoms with Gasteiger partial charge in [-0.15, -0.1) is 0 Å². The Bertz CT molecular complexity index is 648. The number of halogens is 2. The van der Waals surface area contributed by atoms with E-state index in [1.54, 1.807) is 11.0 Å². The summed E-state index contributed by atoms with van der Waals surface area (Å²) < 4.78 is 23.4. The van der Waals surface area contributed by atoms with Crippen molar-refractivity contribution in [3.63, 3.8) is 0 Å². The number of rotatable bonds is 2. The Morgan fingerprint density at radius 1 is 1.33 bits per heavy atom. The molecule has 4 nitrogen and oxygen atoms in total. The van der Waals surface area contributed by atoms with Gasteiger partial charge in [0.2, 0.25) is 0 Å². The first-order chi connectivity index (χ1) is 9.79. The molecule has 2 rings (SSSR count). The molecule has 0 aliphatic carbocycles. The average Bonchev–Trinajstić information content (AvgIpc) is 2.62. The maximum absolute atomic E-state index is 12.6. The molecule has 1 amide bonds. The summed E-state index contributed by atoms with van der Waals surface area (Å²) in [6.45, 7) is 3.59. The molecule has 1 aromatic carbocycles. The Labute approximate surface area is 138 Å². The molecule has 0 N–H and O–H groups in total. The van der Waals surface area contributed by atoms with Crippen LogP contribution in [0.2, 0.25) is 0 Å². The highest BCUT2D eigenvalue weighted by Gasteiger charge is 2.23. The van der Waals surface area contributed by atoms with E-state index in [-0.39, 0.29) is 10.8 Å². The normalized spacial score (nSPS) is 20.1. The maximum Gasteiger partial charge on any atom is 0.261 e. The third-order valence-corrected chi connectivity index (χ3v) is 5.80. The molecule has 1 fully saturated rings. The van der Waals surface area contributed by atoms with E-state index >= 15 is 0 Å². The number of amides is 1. The highest BCUT2D eigenvalue weighted by atomic mass is 79.9. The minimum atomic E-state index is -3.84. The van der Waals surface area contributed by atoms with E-state index in [0.29, 0.717) is 29.0 Å². The molecule has 0 spiro atoms. The van der Waals surface area contributed by atoms with Gasteiger partial charge in [0, 0.05) is 28.2 Å². The van der Waals surface area contributed by atoms with Crippen molar-refractivity contribution in [3.8, 4) is 0 Å². The fourth-order valence-electron chi connectivity index (χ4n) is 2.46. The largest absolute Gasteiger partial charge is 0.339 e. The second kappa shape index (κ2) is 6.67. The van der Waals surface area contributed by atoms with Gasteiger partial charge in [0.15, 0.2) is 0 Å². The Balaban J connectivity index is 2.30. The summed E-state index contributed by atoms with van der Waals surface area (Å²) in [6.07, 6.45) is 3.05. The number of nitrogens with zero attached hydrogens (tertiary/aromatic N) is 1. The van der Waals surface area contributed by atoms with Gasteiger partial charge in [0.1, 0.15) is 0 Å². The lowest BCUT2D eigenvalue weighted by atomic mass is 10.0. The third-order valence-electron chi connectivity index (χ3n) is 3.75. The molecule has 1 saturated heterocycles. The van der Waals surface area contributed by atoms with Crippen LogP contribution in [0.15, 0.2) is 27.6 Å². The number of benzene rings is 1. The maximum atomic E-state index is 12.6. The van der Waals surface area contributed by atoms with Crippen LogP contribution in [0.1, 0.15) is 36.5 Å². The molecule has 1 unspecified atom stereocenters. The van der Waals surface area contributed by atoms with Crippen molar-refractivity contribution in [2.75, 3.05) is 13.1 Å². The Hall–Kier alpha value is -0.590. The van der Waals surface area contributed by atoms with E-state index in [9.17, 15) is 13.2 Å². The number of hydrogen-bond acceptors (Lipinski definition) is 3. The average molecular weight is 395 g/mol. The molecule has 116 valence electrons. The first-order valence-electron chi connectivity index (χ1n) is 6.82. The number of likely N-dealkylation sites (tertiary alicyclic amines) is 1. The van der Waals surface area contributed by atoms with E-state index in [2.05, 4.69) is 22.9 Å². The molecule has 21 heavy (non-hydrogen) atoms. The molecule has 1 aliphatic rings. The van der Waals surface area contributed by atoms with Gasteiger partial charge in [-0.2, -0.15) is 0 Å². The summed E-state index contributed by atoms with van der Waals surface area (Å²) >= 11 is 3.31. The molecule has 7 heteroatoms. The second-order valence-corrected chi connectivity index (χ2v) is 8.83. The zero-order valence-electron chi connectivity index (χ0n) is 11.7. The molecule has 0 aromatic heterocycles. The van der Waals surface area contributed by atoms with E-state index in [0.717, 1.165) is 19.3 Å². The lowest BCUT2D eigenvalue weighted by Crippen LogP contribution is -2.32. The van der Waals surface area contributed by atoms with Crippen LogP contribution in [0.4, 0.5) is 0 Å². The van der Waals surface area contributed by atoms with E-state index in [1.807, 2.05) is 0 Å². The van der Waals surface area contributed by atoms with E-state index < -0.39 is 9.05 Å². The molecular weight excluding hydrogens is 378 g/mol. The van der Waals surface area contributed by atoms with Crippen LogP contribution >= 0.6 is 26.6 Å². The first-order valence-corrected chi connectivity index (χ1v) is 9.93. The fourth-order valence-corrected chi connectivity index (χ4v) is 3.65. The van der Waals surface area contributed by atoms with Crippen LogP contribution < -0.4 is 0 Å². The second-order valence-electron chi connectivity index (χ2n) is 5.41. The molecule has 1 aromatic rings. The standard InChI is InChI=1S/C14H17BrClNO3S/c1-10-3-2-7-17(8-6-10)14(18)12-9-11(21(16,19)20)4-5-13(12)15/h4-5,9-10H,2-3,6-8H2,1H3. The van der Waals surface area contributed by atoms with Crippen molar-refractivity contribution in [2.45, 2.75) is 31.1 Å². The Morgan fingerprint density at radius 3 is 2.71 bits per heavy atom. The quantitative estimate of drug-likeness (QED) is 0.720. The summed E-state index contributed by atoms with van der Waals surface area (Å²) in [5, 5.41) is 0. The number of carbonyl (C=O) groups excluding carboxylic acids is 1. The van der Waals surface area contributed by atoms with Gasteiger partial charge in [-0.1, -0.05) is 6.92 Å². The van der Waals surface area contributed by atoms with Gasteiger partial charge in [-0.05, 0) is 59.3 Å². The van der Waals surface area contributed by atoms with Gasteiger partial charge < -0.3 is 4.90 Å². The zero-order valence-corrected chi connectivity index (χ0v) is 14.8. The lowest BCUT2D eigenvalue weighted by Gasteiger charge is -2.21. The van der Waals surface area contributed by atoms with Crippen LogP contribution in [-0.4, -0.2) is 32.3 Å². The predicted molar refractivity (Wildman–Crippen MR) is 86.1 cm³/mol. The van der Waals surface area contributed by atoms with Crippen LogP contribution in [0, 0.1) is 5.92 Å². The smallest absolute Gasteiger partial charge is 0.261 e. The van der Waals surface area contributed by atoms with Crippen molar-refractivity contribution in [1.29, 1.82) is 0 Å². The Morgan fingerprint density at radius 2 is 2.05 bits per heavy atom. The molecule has 1 aliphatic heterocycles. The van der Waals surface area contributed by atoms with Crippen molar-refractivity contribution >= 4 is 41.6 Å². The minimum absolute atomic E-state index is 0.0566. The van der Waals surface area contributed by atoms with Crippen molar-refractivity contribution in [1.82, 2.24) is 4.90 Å². The number of carbonyl (C=O) groups is 1. The molecule has 0 radical (unpaired) electrons. The van der Waals surface area contributed by atoms with E-state index in [4.69, 9.17) is 10.7 Å². The summed E-state index contributed by atoms with van der Waals surface area (Å²) in [5.41, 5.74) is 0.339. The molecule has 1 atom stereocenters. The lowest BCUT2D eigenvalue weighted by molar-refractivity contribution is 0.0759. The van der Waals surface area contributed by atoms with Gasteiger partial charge in [0.05, 0.1) is 10.5 Å². The first kappa shape index (κ1) is 16.8. The van der Waals surface area contributed by atoms with Crippen LogP contribution in [0.25, 0.3) is 0 Å². The summed E-state index contributed by atoms with van der Waals surface area (Å²) in [5.74, 6) is 0.457. The Kier molecular flexibility index (Phi) is 5.33. The molecule has 1 heterocycles. The van der Waals surface area contributed by atoms with Gasteiger partial charge in [0.25, 0.3) is 15.0 Å². The summed E-state index contributed by atoms with van der Waals surface area (Å²) in [6, 6.07) is 4.26. The van der Waals surface area contributed by atoms with Crippen LogP contribution in [-0.2, 0) is 9.05 Å². The zero-order chi connectivity index (χ0) is 15.6.